The molecule has 2 aromatic heterocycles. The van der Waals surface area contributed by atoms with Crippen LogP contribution in [-0.4, -0.2) is 10.5 Å². The average molecular weight is 282 g/mol. The van der Waals surface area contributed by atoms with Crippen molar-refractivity contribution in [2.24, 2.45) is 0 Å². The average Bonchev–Trinajstić information content (AvgIpc) is 3.02. The number of benzene rings is 1. The van der Waals surface area contributed by atoms with Gasteiger partial charge in [-0.2, -0.15) is 0 Å². The maximum atomic E-state index is 12.5. The molecule has 1 N–H and O–H groups in total. The highest BCUT2D eigenvalue weighted by atomic mass is 16.3. The van der Waals surface area contributed by atoms with Gasteiger partial charge in [0.1, 0.15) is 5.69 Å². The van der Waals surface area contributed by atoms with Crippen molar-refractivity contribution >= 4 is 22.7 Å². The lowest BCUT2D eigenvalue weighted by molar-refractivity contribution is 0.101. The molecule has 0 aliphatic rings. The topological polar surface area (TPSA) is 47.2 Å². The van der Waals surface area contributed by atoms with Crippen LogP contribution in [0.1, 0.15) is 28.5 Å². The van der Waals surface area contributed by atoms with Gasteiger partial charge in [0.25, 0.3) is 5.91 Å². The smallest absolute Gasteiger partial charge is 0.272 e. The van der Waals surface area contributed by atoms with Crippen LogP contribution in [0.2, 0.25) is 0 Å². The zero-order valence-corrected chi connectivity index (χ0v) is 12.4. The number of nitrogens with zero attached hydrogens (tertiary/aromatic N) is 1. The number of carbonyl (C=O) groups excluding carboxylic acids is 1. The van der Waals surface area contributed by atoms with Crippen LogP contribution >= 0.6 is 0 Å². The number of furan rings is 1. The number of hydrogen-bond donors (Lipinski definition) is 1. The van der Waals surface area contributed by atoms with Gasteiger partial charge >= 0.3 is 0 Å². The van der Waals surface area contributed by atoms with E-state index in [0.717, 1.165) is 28.9 Å². The Kier molecular flexibility index (Phi) is 3.29. The first-order valence-corrected chi connectivity index (χ1v) is 7.05. The van der Waals surface area contributed by atoms with E-state index in [-0.39, 0.29) is 5.91 Å². The van der Waals surface area contributed by atoms with Crippen LogP contribution in [0.4, 0.5) is 5.69 Å². The van der Waals surface area contributed by atoms with Gasteiger partial charge in [0, 0.05) is 24.4 Å². The van der Waals surface area contributed by atoms with E-state index < -0.39 is 0 Å². The monoisotopic (exact) mass is 282 g/mol. The van der Waals surface area contributed by atoms with Gasteiger partial charge in [-0.15, -0.1) is 0 Å². The number of aromatic nitrogens is 1. The van der Waals surface area contributed by atoms with Crippen LogP contribution in [0, 0.1) is 13.8 Å². The molecule has 0 atom stereocenters. The van der Waals surface area contributed by atoms with Crippen molar-refractivity contribution in [1.82, 2.24) is 4.57 Å². The molecule has 2 heterocycles. The van der Waals surface area contributed by atoms with Crippen molar-refractivity contribution < 1.29 is 9.21 Å². The highest BCUT2D eigenvalue weighted by Crippen LogP contribution is 2.22. The summed E-state index contributed by atoms with van der Waals surface area (Å²) in [6.45, 7) is 6.82. The number of rotatable bonds is 3. The van der Waals surface area contributed by atoms with Crippen molar-refractivity contribution in [3.63, 3.8) is 0 Å². The number of hydrogen-bond acceptors (Lipinski definition) is 2. The fraction of sp³-hybridized carbons (Fsp3) is 0.235. The van der Waals surface area contributed by atoms with Crippen molar-refractivity contribution in [2.45, 2.75) is 27.3 Å². The number of aryl methyl sites for hydroxylation is 3. The molecule has 21 heavy (non-hydrogen) atoms. The molecule has 4 nitrogen and oxygen atoms in total. The predicted octanol–water partition coefficient (Wildman–Crippen LogP) is 4.12. The Morgan fingerprint density at radius 3 is 2.71 bits per heavy atom. The summed E-state index contributed by atoms with van der Waals surface area (Å²) in [5.41, 5.74) is 5.48. The summed E-state index contributed by atoms with van der Waals surface area (Å²) in [7, 11) is 0. The lowest BCUT2D eigenvalue weighted by atomic mass is 10.1. The molecule has 0 aliphatic carbocycles. The third-order valence-corrected chi connectivity index (χ3v) is 3.84. The lowest BCUT2D eigenvalue weighted by Gasteiger charge is -2.09. The molecule has 1 amide bonds. The molecule has 1 aromatic carbocycles. The third kappa shape index (κ3) is 2.33. The molecule has 0 fully saturated rings. The molecular formula is C17H18N2O2. The second-order valence-electron chi connectivity index (χ2n) is 5.20. The molecule has 0 aliphatic heterocycles. The van der Waals surface area contributed by atoms with E-state index in [4.69, 9.17) is 4.42 Å². The summed E-state index contributed by atoms with van der Waals surface area (Å²) in [4.78, 5) is 12.5. The molecule has 4 heteroatoms. The molecule has 3 rings (SSSR count). The van der Waals surface area contributed by atoms with Crippen molar-refractivity contribution in [1.29, 1.82) is 0 Å². The zero-order chi connectivity index (χ0) is 15.0. The van der Waals surface area contributed by atoms with Gasteiger partial charge in [-0.05, 0) is 44.0 Å². The van der Waals surface area contributed by atoms with Gasteiger partial charge in [-0.3, -0.25) is 4.79 Å². The van der Waals surface area contributed by atoms with Gasteiger partial charge in [0.15, 0.2) is 5.58 Å². The first-order valence-electron chi connectivity index (χ1n) is 7.05. The fourth-order valence-electron chi connectivity index (χ4n) is 2.52. The number of fused-ring (bicyclic) bond motifs is 1. The normalized spacial score (nSPS) is 11.0. The maximum absolute atomic E-state index is 12.5. The van der Waals surface area contributed by atoms with Crippen molar-refractivity contribution in [3.8, 4) is 0 Å². The molecule has 0 saturated carbocycles. The minimum atomic E-state index is -0.119. The van der Waals surface area contributed by atoms with Crippen LogP contribution in [0.3, 0.4) is 0 Å². The van der Waals surface area contributed by atoms with E-state index in [0.29, 0.717) is 5.69 Å². The van der Waals surface area contributed by atoms with Gasteiger partial charge in [0.05, 0.1) is 11.8 Å². The first kappa shape index (κ1) is 13.5. The van der Waals surface area contributed by atoms with E-state index in [1.807, 2.05) is 42.7 Å². The van der Waals surface area contributed by atoms with Gasteiger partial charge in [0.2, 0.25) is 0 Å². The molecule has 0 spiro atoms. The van der Waals surface area contributed by atoms with E-state index in [9.17, 15) is 4.79 Å². The number of anilines is 1. The Balaban J connectivity index is 1.93. The van der Waals surface area contributed by atoms with Crippen LogP contribution < -0.4 is 5.32 Å². The molecule has 3 aromatic rings. The second-order valence-corrected chi connectivity index (χ2v) is 5.20. The highest BCUT2D eigenvalue weighted by Gasteiger charge is 2.16. The molecule has 108 valence electrons. The Labute approximate surface area is 123 Å². The fourth-order valence-corrected chi connectivity index (χ4v) is 2.52. The largest absolute Gasteiger partial charge is 0.463 e. The number of carbonyl (C=O) groups is 1. The quantitative estimate of drug-likeness (QED) is 0.785. The van der Waals surface area contributed by atoms with Gasteiger partial charge in [-0.1, -0.05) is 6.07 Å². The molecular weight excluding hydrogens is 264 g/mol. The first-order chi connectivity index (χ1) is 10.1. The number of nitrogens with one attached hydrogen (secondary N) is 1. The predicted molar refractivity (Wildman–Crippen MR) is 83.7 cm³/mol. The van der Waals surface area contributed by atoms with Crippen molar-refractivity contribution in [3.05, 3.63) is 53.4 Å². The van der Waals surface area contributed by atoms with Crippen LogP contribution in [0.5, 0.6) is 0 Å². The van der Waals surface area contributed by atoms with E-state index in [2.05, 4.69) is 12.2 Å². The van der Waals surface area contributed by atoms with E-state index >= 15 is 0 Å². The van der Waals surface area contributed by atoms with E-state index in [1.165, 1.54) is 5.56 Å². The van der Waals surface area contributed by atoms with Crippen LogP contribution in [-0.2, 0) is 6.54 Å². The summed E-state index contributed by atoms with van der Waals surface area (Å²) in [5.74, 6) is -0.119. The zero-order valence-electron chi connectivity index (χ0n) is 12.4. The third-order valence-electron chi connectivity index (χ3n) is 3.84. The van der Waals surface area contributed by atoms with Gasteiger partial charge in [-0.25, -0.2) is 0 Å². The highest BCUT2D eigenvalue weighted by molar-refractivity contribution is 6.05. The molecule has 0 saturated heterocycles. The van der Waals surface area contributed by atoms with Crippen LogP contribution in [0.25, 0.3) is 11.1 Å². The minimum absolute atomic E-state index is 0.119. The summed E-state index contributed by atoms with van der Waals surface area (Å²) in [6, 6.07) is 9.58. The molecule has 0 unspecified atom stereocenters. The summed E-state index contributed by atoms with van der Waals surface area (Å²) < 4.78 is 7.33. The Bertz CT molecular complexity index is 811. The Hall–Kier alpha value is -2.49. The van der Waals surface area contributed by atoms with Gasteiger partial charge < -0.3 is 14.3 Å². The van der Waals surface area contributed by atoms with E-state index in [1.54, 1.807) is 12.3 Å². The standard InChI is InChI=1S/C17H18N2O2/c1-4-19-14-7-8-21-16(14)10-15(19)17(20)18-13-6-5-11(2)12(3)9-13/h5-10H,4H2,1-3H3,(H,18,20). The molecule has 0 bridgehead atoms. The SMILES string of the molecule is CCn1c(C(=O)Nc2ccc(C)c(C)c2)cc2occc21. The summed E-state index contributed by atoms with van der Waals surface area (Å²) in [6.07, 6.45) is 1.64. The lowest BCUT2D eigenvalue weighted by Crippen LogP contribution is -2.16. The summed E-state index contributed by atoms with van der Waals surface area (Å²) >= 11 is 0. The second kappa shape index (κ2) is 5.13. The Morgan fingerprint density at radius 2 is 2.00 bits per heavy atom. The molecule has 0 radical (unpaired) electrons. The van der Waals surface area contributed by atoms with Crippen LogP contribution in [0.15, 0.2) is 41.0 Å². The maximum Gasteiger partial charge on any atom is 0.272 e. The minimum Gasteiger partial charge on any atom is -0.463 e. The van der Waals surface area contributed by atoms with Crippen molar-refractivity contribution in [2.75, 3.05) is 5.32 Å². The number of amides is 1. The Morgan fingerprint density at radius 1 is 1.19 bits per heavy atom. The summed E-state index contributed by atoms with van der Waals surface area (Å²) in [5, 5.41) is 2.95.